The number of fused-ring (bicyclic) bond motifs is 1. The van der Waals surface area contributed by atoms with Gasteiger partial charge in [-0.3, -0.25) is 0 Å². The lowest BCUT2D eigenvalue weighted by atomic mass is 9.87. The van der Waals surface area contributed by atoms with Crippen LogP contribution in [0.15, 0.2) is 36.4 Å². The van der Waals surface area contributed by atoms with Gasteiger partial charge in [0.1, 0.15) is 5.75 Å². The van der Waals surface area contributed by atoms with Gasteiger partial charge >= 0.3 is 13.5 Å². The maximum Gasteiger partial charge on any atom is 0.337 e. The third kappa shape index (κ3) is 2.76. The summed E-state index contributed by atoms with van der Waals surface area (Å²) >= 11 is 0. The van der Waals surface area contributed by atoms with Gasteiger partial charge in [0.15, 0.2) is 11.6 Å². The van der Waals surface area contributed by atoms with E-state index in [1.807, 2.05) is 6.07 Å². The molecule has 0 aliphatic carbocycles. The number of rotatable bonds is 3. The second-order valence-electron chi connectivity index (χ2n) is 4.53. The third-order valence-electron chi connectivity index (χ3n) is 3.14. The number of ether oxygens (including phenoxy) is 2. The summed E-state index contributed by atoms with van der Waals surface area (Å²) in [5.74, 6) is -0.658. The summed E-state index contributed by atoms with van der Waals surface area (Å²) < 4.78 is 29.2. The van der Waals surface area contributed by atoms with Gasteiger partial charge in [0, 0.05) is 0 Å². The van der Waals surface area contributed by atoms with Crippen molar-refractivity contribution in [1.29, 1.82) is 0 Å². The van der Waals surface area contributed by atoms with E-state index in [1.54, 1.807) is 19.6 Å². The quantitative estimate of drug-likeness (QED) is 0.640. The monoisotopic (exact) mass is 285 g/mol. The number of benzene rings is 2. The number of halogens is 1. The predicted molar refractivity (Wildman–Crippen MR) is 74.4 cm³/mol. The Bertz CT molecular complexity index is 702. The topological polar surface area (TPSA) is 44.8 Å². The van der Waals surface area contributed by atoms with Crippen LogP contribution in [-0.2, 0) is 16.0 Å². The van der Waals surface area contributed by atoms with Gasteiger partial charge in [0.05, 0.1) is 19.3 Å². The lowest BCUT2D eigenvalue weighted by molar-refractivity contribution is 0.0600. The van der Waals surface area contributed by atoms with E-state index in [4.69, 9.17) is 9.39 Å². The minimum Gasteiger partial charge on any atom is -0.465 e. The normalized spacial score (nSPS) is 12.5. The highest BCUT2D eigenvalue weighted by Gasteiger charge is 2.15. The molecule has 2 aromatic carbocycles. The van der Waals surface area contributed by atoms with Crippen molar-refractivity contribution in [2.24, 2.45) is 0 Å². The van der Waals surface area contributed by atoms with Crippen LogP contribution in [0.1, 0.15) is 15.9 Å². The van der Waals surface area contributed by atoms with E-state index in [2.05, 4.69) is 4.74 Å². The average molecular weight is 285 g/mol. The molecule has 0 saturated carbocycles. The molecule has 21 heavy (non-hydrogen) atoms. The summed E-state index contributed by atoms with van der Waals surface area (Å²) in [6.45, 7) is 0.482. The molecule has 3 rings (SSSR count). The molecule has 1 aliphatic heterocycles. The van der Waals surface area contributed by atoms with Gasteiger partial charge in [-0.1, -0.05) is 6.07 Å². The van der Waals surface area contributed by atoms with Gasteiger partial charge in [-0.15, -0.1) is 0 Å². The van der Waals surface area contributed by atoms with Crippen LogP contribution in [0.25, 0.3) is 0 Å². The van der Waals surface area contributed by atoms with Crippen LogP contribution in [0.2, 0.25) is 0 Å². The molecule has 1 heterocycles. The summed E-state index contributed by atoms with van der Waals surface area (Å²) in [7, 11) is 2.92. The molecular formula is C15H11BFO4. The number of hydrogen-bond donors (Lipinski definition) is 0. The van der Waals surface area contributed by atoms with Crippen molar-refractivity contribution in [3.63, 3.8) is 0 Å². The number of carbonyl (C=O) groups is 1. The second-order valence-corrected chi connectivity index (χ2v) is 4.53. The minimum atomic E-state index is -0.624. The maximum absolute atomic E-state index is 13.9. The van der Waals surface area contributed by atoms with Gasteiger partial charge in [0.25, 0.3) is 0 Å². The van der Waals surface area contributed by atoms with Crippen LogP contribution in [0.4, 0.5) is 4.39 Å². The Morgan fingerprint density at radius 1 is 1.29 bits per heavy atom. The molecular weight excluding hydrogens is 274 g/mol. The van der Waals surface area contributed by atoms with E-state index in [0.717, 1.165) is 17.1 Å². The van der Waals surface area contributed by atoms with Crippen LogP contribution in [0, 0.1) is 5.82 Å². The summed E-state index contributed by atoms with van der Waals surface area (Å²) in [6.07, 6.45) is 0. The molecule has 0 atom stereocenters. The Kier molecular flexibility index (Phi) is 3.62. The van der Waals surface area contributed by atoms with Gasteiger partial charge in [0.2, 0.25) is 0 Å². The molecule has 0 unspecified atom stereocenters. The molecule has 0 fully saturated rings. The number of methoxy groups -OCH3 is 1. The zero-order chi connectivity index (χ0) is 14.8. The van der Waals surface area contributed by atoms with Crippen LogP contribution in [0.3, 0.4) is 0 Å². The van der Waals surface area contributed by atoms with Crippen molar-refractivity contribution in [3.05, 3.63) is 53.3 Å². The molecule has 1 radical (unpaired) electrons. The number of hydrogen-bond acceptors (Lipinski definition) is 4. The van der Waals surface area contributed by atoms with Crippen molar-refractivity contribution >= 4 is 18.9 Å². The summed E-state index contributed by atoms with van der Waals surface area (Å²) in [6, 6.07) is 9.32. The molecule has 105 valence electrons. The number of carbonyl (C=O) groups excluding carboxylic acids is 1. The Balaban J connectivity index is 1.83. The Morgan fingerprint density at radius 3 is 2.90 bits per heavy atom. The predicted octanol–water partition coefficient (Wildman–Crippen LogP) is 2.18. The van der Waals surface area contributed by atoms with E-state index in [-0.39, 0.29) is 11.3 Å². The first kappa shape index (κ1) is 13.6. The average Bonchev–Trinajstić information content (AvgIpc) is 2.96. The van der Waals surface area contributed by atoms with Crippen LogP contribution >= 0.6 is 0 Å². The Morgan fingerprint density at radius 2 is 2.14 bits per heavy atom. The molecule has 1 aliphatic rings. The lowest BCUT2D eigenvalue weighted by Gasteiger charge is -2.09. The van der Waals surface area contributed by atoms with E-state index in [0.29, 0.717) is 12.4 Å². The van der Waals surface area contributed by atoms with Gasteiger partial charge < -0.3 is 14.1 Å². The van der Waals surface area contributed by atoms with Crippen molar-refractivity contribution in [1.82, 2.24) is 0 Å². The highest BCUT2D eigenvalue weighted by atomic mass is 19.1. The molecule has 0 aromatic heterocycles. The SMILES string of the molecule is COC(=O)c1ccc(Oc2ccc3c(c2)CO[B]3)c(F)c1. The lowest BCUT2D eigenvalue weighted by Crippen LogP contribution is -2.10. The molecule has 0 saturated heterocycles. The van der Waals surface area contributed by atoms with E-state index < -0.39 is 11.8 Å². The largest absolute Gasteiger partial charge is 0.465 e. The van der Waals surface area contributed by atoms with Gasteiger partial charge in [-0.05, 0) is 41.4 Å². The highest BCUT2D eigenvalue weighted by molar-refractivity contribution is 6.48. The van der Waals surface area contributed by atoms with E-state index in [1.165, 1.54) is 19.2 Å². The van der Waals surface area contributed by atoms with Crippen molar-refractivity contribution in [3.8, 4) is 11.5 Å². The smallest absolute Gasteiger partial charge is 0.337 e. The summed E-state index contributed by atoms with van der Waals surface area (Å²) in [4.78, 5) is 11.3. The molecule has 4 nitrogen and oxygen atoms in total. The standard InChI is InChI=1S/C15H11BFO4/c1-19-15(18)9-2-5-14(13(17)7-9)21-11-3-4-12-10(6-11)8-20-16-12/h2-7H,8H2,1H3. The first-order valence-corrected chi connectivity index (χ1v) is 6.31. The summed E-state index contributed by atoms with van der Waals surface area (Å²) in [5, 5.41) is 0. The van der Waals surface area contributed by atoms with Gasteiger partial charge in [-0.25, -0.2) is 9.18 Å². The summed E-state index contributed by atoms with van der Waals surface area (Å²) in [5.41, 5.74) is 2.11. The Hall–Kier alpha value is -2.34. The molecule has 0 bridgehead atoms. The zero-order valence-corrected chi connectivity index (χ0v) is 11.3. The van der Waals surface area contributed by atoms with E-state index >= 15 is 0 Å². The fraction of sp³-hybridized carbons (Fsp3) is 0.133. The van der Waals surface area contributed by atoms with Crippen molar-refractivity contribution in [2.45, 2.75) is 6.61 Å². The number of esters is 1. The minimum absolute atomic E-state index is 0.0468. The van der Waals surface area contributed by atoms with Crippen molar-refractivity contribution in [2.75, 3.05) is 7.11 Å². The third-order valence-corrected chi connectivity index (χ3v) is 3.14. The van der Waals surface area contributed by atoms with Crippen LogP contribution in [-0.4, -0.2) is 20.6 Å². The molecule has 0 amide bonds. The highest BCUT2D eigenvalue weighted by Crippen LogP contribution is 2.26. The van der Waals surface area contributed by atoms with Crippen LogP contribution < -0.4 is 10.2 Å². The maximum atomic E-state index is 13.9. The first-order valence-electron chi connectivity index (χ1n) is 6.31. The zero-order valence-electron chi connectivity index (χ0n) is 11.3. The van der Waals surface area contributed by atoms with Gasteiger partial charge in [-0.2, -0.15) is 0 Å². The fourth-order valence-corrected chi connectivity index (χ4v) is 2.06. The molecule has 2 aromatic rings. The van der Waals surface area contributed by atoms with Crippen molar-refractivity contribution < 1.29 is 23.3 Å². The fourth-order valence-electron chi connectivity index (χ4n) is 2.06. The molecule has 0 N–H and O–H groups in total. The second kappa shape index (κ2) is 5.57. The molecule has 6 heteroatoms. The van der Waals surface area contributed by atoms with E-state index in [9.17, 15) is 9.18 Å². The first-order chi connectivity index (χ1) is 10.2. The molecule has 0 spiro atoms. The van der Waals surface area contributed by atoms with Crippen LogP contribution in [0.5, 0.6) is 11.5 Å². The Labute approximate surface area is 121 Å².